The first-order chi connectivity index (χ1) is 32.2. The van der Waals surface area contributed by atoms with Crippen LogP contribution in [0.25, 0.3) is 143 Å². The van der Waals surface area contributed by atoms with Crippen molar-refractivity contribution < 1.29 is 4.42 Å². The van der Waals surface area contributed by atoms with E-state index in [1.807, 2.05) is 54.6 Å². The van der Waals surface area contributed by atoms with Gasteiger partial charge in [-0.1, -0.05) is 176 Å². The van der Waals surface area contributed by atoms with Crippen molar-refractivity contribution in [1.29, 1.82) is 0 Å². The second kappa shape index (κ2) is 13.9. The molecule has 0 amide bonds. The third-order valence-electron chi connectivity index (χ3n) is 13.4. The average molecular weight is 826 g/mol. The minimum Gasteiger partial charge on any atom is -0.456 e. The smallest absolute Gasteiger partial charge is 0.164 e. The SMILES string of the molecule is c1ccc(-c2nc(-c3cccc(-c4ccc(-c5cc6ccc7cccc8c9cccc%10ccc%11cccc(c(c5)c6c78)c%11c%109)cc4)c3)nc(-c3ccc4c(c3)oc3ccccc34)n2)cc1. The summed E-state index contributed by atoms with van der Waals surface area (Å²) in [5.41, 5.74) is 8.92. The van der Waals surface area contributed by atoms with Crippen LogP contribution in [0.2, 0.25) is 0 Å². The van der Waals surface area contributed by atoms with Gasteiger partial charge < -0.3 is 4.42 Å². The van der Waals surface area contributed by atoms with E-state index >= 15 is 0 Å². The summed E-state index contributed by atoms with van der Waals surface area (Å²) in [6, 6.07) is 76.1. The summed E-state index contributed by atoms with van der Waals surface area (Å²) in [6.07, 6.45) is 0. The van der Waals surface area contributed by atoms with Gasteiger partial charge in [0.15, 0.2) is 17.5 Å². The molecule has 300 valence electrons. The van der Waals surface area contributed by atoms with E-state index in [0.29, 0.717) is 17.5 Å². The fourth-order valence-electron chi connectivity index (χ4n) is 10.4. The first kappa shape index (κ1) is 35.8. The molecule has 14 aromatic rings. The molecule has 4 heteroatoms. The van der Waals surface area contributed by atoms with Crippen LogP contribution < -0.4 is 0 Å². The summed E-state index contributed by atoms with van der Waals surface area (Å²) < 4.78 is 6.27. The van der Waals surface area contributed by atoms with Gasteiger partial charge >= 0.3 is 0 Å². The molecule has 0 aliphatic carbocycles. The van der Waals surface area contributed by atoms with E-state index in [-0.39, 0.29) is 0 Å². The molecule has 65 heavy (non-hydrogen) atoms. The van der Waals surface area contributed by atoms with Gasteiger partial charge in [-0.3, -0.25) is 0 Å². The maximum atomic E-state index is 6.27. The molecular formula is C61H35N3O. The molecule has 0 bridgehead atoms. The second-order valence-corrected chi connectivity index (χ2v) is 17.1. The highest BCUT2D eigenvalue weighted by Crippen LogP contribution is 2.45. The molecule has 0 atom stereocenters. The number of aromatic nitrogens is 3. The number of hydrogen-bond donors (Lipinski definition) is 0. The van der Waals surface area contributed by atoms with E-state index in [9.17, 15) is 0 Å². The lowest BCUT2D eigenvalue weighted by atomic mass is 9.86. The van der Waals surface area contributed by atoms with Gasteiger partial charge in [-0.15, -0.1) is 0 Å². The van der Waals surface area contributed by atoms with Crippen molar-refractivity contribution in [1.82, 2.24) is 15.0 Å². The van der Waals surface area contributed by atoms with Gasteiger partial charge in [0.05, 0.1) is 0 Å². The molecule has 0 N–H and O–H groups in total. The van der Waals surface area contributed by atoms with Gasteiger partial charge in [0.1, 0.15) is 11.2 Å². The first-order valence-electron chi connectivity index (χ1n) is 22.1. The Morgan fingerprint density at radius 2 is 0.692 bits per heavy atom. The maximum absolute atomic E-state index is 6.27. The van der Waals surface area contributed by atoms with E-state index in [4.69, 9.17) is 19.4 Å². The molecule has 2 heterocycles. The van der Waals surface area contributed by atoms with E-state index in [1.54, 1.807) is 0 Å². The third kappa shape index (κ3) is 5.61. The molecule has 4 nitrogen and oxygen atoms in total. The Balaban J connectivity index is 0.889. The van der Waals surface area contributed by atoms with Crippen LogP contribution in [-0.4, -0.2) is 15.0 Å². The molecule has 0 radical (unpaired) electrons. The van der Waals surface area contributed by atoms with Gasteiger partial charge in [-0.2, -0.15) is 0 Å². The van der Waals surface area contributed by atoms with Gasteiger partial charge in [-0.25, -0.2) is 15.0 Å². The fourth-order valence-corrected chi connectivity index (χ4v) is 10.4. The summed E-state index contributed by atoms with van der Waals surface area (Å²) in [4.78, 5) is 15.2. The number of hydrogen-bond acceptors (Lipinski definition) is 4. The molecule has 0 saturated carbocycles. The number of furan rings is 1. The zero-order valence-corrected chi connectivity index (χ0v) is 35.0. The van der Waals surface area contributed by atoms with Crippen molar-refractivity contribution in [3.63, 3.8) is 0 Å². The van der Waals surface area contributed by atoms with Crippen molar-refractivity contribution in [3.05, 3.63) is 212 Å². The quantitative estimate of drug-likeness (QED) is 0.162. The second-order valence-electron chi connectivity index (χ2n) is 17.1. The predicted octanol–water partition coefficient (Wildman–Crippen LogP) is 16.5. The largest absolute Gasteiger partial charge is 0.456 e. The Morgan fingerprint density at radius 3 is 1.37 bits per heavy atom. The van der Waals surface area contributed by atoms with E-state index in [0.717, 1.165) is 49.8 Å². The summed E-state index contributed by atoms with van der Waals surface area (Å²) in [5.74, 6) is 1.82. The lowest BCUT2D eigenvalue weighted by Gasteiger charge is -2.17. The van der Waals surface area contributed by atoms with Crippen LogP contribution >= 0.6 is 0 Å². The van der Waals surface area contributed by atoms with E-state index in [1.165, 1.54) is 75.8 Å². The Bertz CT molecular complexity index is 4220. The topological polar surface area (TPSA) is 51.8 Å². The summed E-state index contributed by atoms with van der Waals surface area (Å²) >= 11 is 0. The van der Waals surface area contributed by atoms with Gasteiger partial charge in [0.25, 0.3) is 0 Å². The van der Waals surface area contributed by atoms with Gasteiger partial charge in [-0.05, 0) is 123 Å². The zero-order valence-electron chi connectivity index (χ0n) is 35.0. The first-order valence-corrected chi connectivity index (χ1v) is 22.1. The van der Waals surface area contributed by atoms with Crippen LogP contribution in [0, 0.1) is 0 Å². The fraction of sp³-hybridized carbons (Fsp3) is 0. The van der Waals surface area contributed by atoms with Gasteiger partial charge in [0.2, 0.25) is 0 Å². The highest BCUT2D eigenvalue weighted by Gasteiger charge is 2.18. The van der Waals surface area contributed by atoms with Gasteiger partial charge in [0, 0.05) is 27.5 Å². The monoisotopic (exact) mass is 825 g/mol. The van der Waals surface area contributed by atoms with Crippen LogP contribution in [0.15, 0.2) is 217 Å². The van der Waals surface area contributed by atoms with E-state index in [2.05, 4.69) is 158 Å². The lowest BCUT2D eigenvalue weighted by Crippen LogP contribution is -2.00. The molecule has 0 aliphatic rings. The minimum absolute atomic E-state index is 0.591. The Morgan fingerprint density at radius 1 is 0.231 bits per heavy atom. The number of fused-ring (bicyclic) bond motifs is 5. The Kier molecular flexibility index (Phi) is 7.65. The molecule has 2 aromatic heterocycles. The molecule has 0 spiro atoms. The van der Waals surface area contributed by atoms with Crippen LogP contribution in [0.5, 0.6) is 0 Å². The highest BCUT2D eigenvalue weighted by molar-refractivity contribution is 6.37. The number of rotatable bonds is 5. The van der Waals surface area contributed by atoms with Crippen LogP contribution in [0.3, 0.4) is 0 Å². The minimum atomic E-state index is 0.591. The van der Waals surface area contributed by atoms with Crippen LogP contribution in [0.4, 0.5) is 0 Å². The predicted molar refractivity (Wildman–Crippen MR) is 271 cm³/mol. The molecule has 0 saturated heterocycles. The standard InChI is InChI=1S/C61H35N3O/c1-2-10-41(11-3-1)59-62-60(64-61(63-59)45-30-31-48-47-17-4-5-21-53(47)65-54(48)35-45)44-16-6-15-42(32-44)36-22-24-37(25-23-36)46-33-43-29-28-40-13-8-19-50-49-18-7-12-38-26-27-39-14-9-20-51(57(39)55(38)49)52(34-46)58(43)56(40)50/h1-35H. The van der Waals surface area contributed by atoms with Crippen LogP contribution in [0.1, 0.15) is 0 Å². The number of benzene rings is 11. The highest BCUT2D eigenvalue weighted by atomic mass is 16.3. The average Bonchev–Trinajstić information content (AvgIpc) is 3.75. The Hall–Kier alpha value is -8.73. The summed E-state index contributed by atoms with van der Waals surface area (Å²) in [7, 11) is 0. The normalized spacial score (nSPS) is 12.0. The van der Waals surface area contributed by atoms with Crippen molar-refractivity contribution in [2.75, 3.05) is 0 Å². The van der Waals surface area contributed by atoms with Crippen LogP contribution in [-0.2, 0) is 0 Å². The molecule has 14 rings (SSSR count). The van der Waals surface area contributed by atoms with Crippen molar-refractivity contribution in [3.8, 4) is 56.4 Å². The summed E-state index contributed by atoms with van der Waals surface area (Å²) in [5, 5.41) is 17.5. The van der Waals surface area contributed by atoms with E-state index < -0.39 is 0 Å². The number of nitrogens with zero attached hydrogens (tertiary/aromatic N) is 3. The summed E-state index contributed by atoms with van der Waals surface area (Å²) in [6.45, 7) is 0. The zero-order chi connectivity index (χ0) is 42.6. The van der Waals surface area contributed by atoms with Crippen molar-refractivity contribution in [2.24, 2.45) is 0 Å². The maximum Gasteiger partial charge on any atom is 0.164 e. The molecule has 0 aliphatic heterocycles. The third-order valence-corrected chi connectivity index (χ3v) is 13.4. The van der Waals surface area contributed by atoms with Crippen molar-refractivity contribution >= 4 is 86.6 Å². The molecule has 12 aromatic carbocycles. The molecule has 0 unspecified atom stereocenters. The lowest BCUT2D eigenvalue weighted by molar-refractivity contribution is 0.669. The molecular weight excluding hydrogens is 791 g/mol. The molecule has 0 fully saturated rings. The number of para-hydroxylation sites is 1. The van der Waals surface area contributed by atoms with Crippen molar-refractivity contribution in [2.45, 2.75) is 0 Å². The Labute approximate surface area is 373 Å².